The number of carbonyl (C=O) groups is 1. The van der Waals surface area contributed by atoms with Crippen LogP contribution in [0.4, 0.5) is 0 Å². The SMILES string of the molecule is CCS(=O)(=O)/N=C1\C=C(Cl)C(=O)C=C1Cl. The Hall–Kier alpha value is -0.650. The number of nitrogens with zero attached hydrogens (tertiary/aromatic N) is 1. The fourth-order valence-corrected chi connectivity index (χ4v) is 1.79. The van der Waals surface area contributed by atoms with Crippen molar-refractivity contribution in [2.45, 2.75) is 6.92 Å². The molecule has 7 heteroatoms. The topological polar surface area (TPSA) is 63.6 Å². The van der Waals surface area contributed by atoms with E-state index in [-0.39, 0.29) is 21.5 Å². The third-order valence-electron chi connectivity index (χ3n) is 1.60. The maximum Gasteiger partial charge on any atom is 0.253 e. The first-order valence-corrected chi connectivity index (χ1v) is 6.34. The minimum atomic E-state index is -3.54. The summed E-state index contributed by atoms with van der Waals surface area (Å²) in [6.45, 7) is 1.45. The fourth-order valence-electron chi connectivity index (χ4n) is 0.802. The highest BCUT2D eigenvalue weighted by atomic mass is 35.5. The third kappa shape index (κ3) is 3.15. The summed E-state index contributed by atoms with van der Waals surface area (Å²) in [5.74, 6) is -0.602. The maximum absolute atomic E-state index is 11.2. The largest absolute Gasteiger partial charge is 0.288 e. The van der Waals surface area contributed by atoms with E-state index in [1.165, 1.54) is 6.92 Å². The lowest BCUT2D eigenvalue weighted by Gasteiger charge is -2.05. The molecule has 0 radical (unpaired) electrons. The molecule has 82 valence electrons. The summed E-state index contributed by atoms with van der Waals surface area (Å²) in [7, 11) is -3.54. The first-order chi connectivity index (χ1) is 6.85. The van der Waals surface area contributed by atoms with Gasteiger partial charge in [0.15, 0.2) is 5.78 Å². The summed E-state index contributed by atoms with van der Waals surface area (Å²) in [4.78, 5) is 11.0. The molecule has 4 nitrogen and oxygen atoms in total. The average Bonchev–Trinajstić information content (AvgIpc) is 2.14. The Bertz CT molecular complexity index is 488. The zero-order valence-electron chi connectivity index (χ0n) is 7.70. The zero-order chi connectivity index (χ0) is 11.6. The molecule has 1 aliphatic carbocycles. The first-order valence-electron chi connectivity index (χ1n) is 3.97. The van der Waals surface area contributed by atoms with Gasteiger partial charge in [0.1, 0.15) is 0 Å². The summed E-state index contributed by atoms with van der Waals surface area (Å²) >= 11 is 11.2. The van der Waals surface area contributed by atoms with E-state index in [4.69, 9.17) is 23.2 Å². The van der Waals surface area contributed by atoms with E-state index < -0.39 is 15.8 Å². The predicted octanol–water partition coefficient (Wildman–Crippen LogP) is 1.61. The van der Waals surface area contributed by atoms with Gasteiger partial charge in [0.2, 0.25) is 0 Å². The van der Waals surface area contributed by atoms with Gasteiger partial charge in [0.25, 0.3) is 10.0 Å². The van der Waals surface area contributed by atoms with E-state index in [2.05, 4.69) is 4.40 Å². The summed E-state index contributed by atoms with van der Waals surface area (Å²) in [5, 5.41) is -0.133. The van der Waals surface area contributed by atoms with Gasteiger partial charge in [-0.2, -0.15) is 4.40 Å². The van der Waals surface area contributed by atoms with E-state index in [0.717, 1.165) is 12.2 Å². The highest BCUT2D eigenvalue weighted by Crippen LogP contribution is 2.19. The molecule has 0 heterocycles. The van der Waals surface area contributed by atoms with Gasteiger partial charge in [-0.15, -0.1) is 0 Å². The van der Waals surface area contributed by atoms with Gasteiger partial charge < -0.3 is 0 Å². The van der Waals surface area contributed by atoms with Crippen molar-refractivity contribution in [3.8, 4) is 0 Å². The molecule has 1 rings (SSSR count). The molecule has 0 aliphatic heterocycles. The molecule has 0 atom stereocenters. The minimum absolute atomic E-state index is 0.0110. The van der Waals surface area contributed by atoms with E-state index in [9.17, 15) is 13.2 Å². The number of sulfonamides is 1. The third-order valence-corrected chi connectivity index (χ3v) is 3.41. The Balaban J connectivity index is 3.19. The van der Waals surface area contributed by atoms with Crippen LogP contribution in [0.15, 0.2) is 26.6 Å². The summed E-state index contributed by atoms with van der Waals surface area (Å²) < 4.78 is 25.8. The van der Waals surface area contributed by atoms with Crippen LogP contribution in [-0.4, -0.2) is 25.7 Å². The number of hydrogen-bond donors (Lipinski definition) is 0. The Morgan fingerprint density at radius 2 is 1.87 bits per heavy atom. The standard InChI is InChI=1S/C8H7Cl2NO3S/c1-2-15(13,14)11-7-3-6(10)8(12)4-5(7)9/h3-4H,2H2,1H3/b11-7+. The molecule has 0 aromatic carbocycles. The number of carbonyl (C=O) groups excluding carboxylic acids is 1. The van der Waals surface area contributed by atoms with E-state index in [1.54, 1.807) is 0 Å². The lowest BCUT2D eigenvalue weighted by Crippen LogP contribution is -2.11. The van der Waals surface area contributed by atoms with Crippen molar-refractivity contribution in [2.24, 2.45) is 4.40 Å². The van der Waals surface area contributed by atoms with E-state index >= 15 is 0 Å². The second-order valence-corrected chi connectivity index (χ2v) is 5.43. The summed E-state index contributed by atoms with van der Waals surface area (Å²) in [6, 6.07) is 0. The van der Waals surface area contributed by atoms with Crippen LogP contribution in [0.25, 0.3) is 0 Å². The van der Waals surface area contributed by atoms with Crippen LogP contribution in [0.5, 0.6) is 0 Å². The van der Waals surface area contributed by atoms with Gasteiger partial charge in [-0.1, -0.05) is 23.2 Å². The Morgan fingerprint density at radius 1 is 1.27 bits per heavy atom. The molecule has 0 saturated heterocycles. The fraction of sp³-hybridized carbons (Fsp3) is 0.250. The van der Waals surface area contributed by atoms with Crippen molar-refractivity contribution in [3.05, 3.63) is 22.2 Å². The lowest BCUT2D eigenvalue weighted by molar-refractivity contribution is -0.110. The van der Waals surface area contributed by atoms with Crippen LogP contribution in [-0.2, 0) is 14.8 Å². The molecule has 0 N–H and O–H groups in total. The van der Waals surface area contributed by atoms with Gasteiger partial charge in [-0.05, 0) is 13.0 Å². The molecular formula is C8H7Cl2NO3S. The highest BCUT2D eigenvalue weighted by molar-refractivity contribution is 7.90. The Kier molecular flexibility index (Phi) is 3.70. The molecule has 0 fully saturated rings. The summed E-state index contributed by atoms with van der Waals surface area (Å²) in [5.41, 5.74) is -0.0110. The van der Waals surface area contributed by atoms with Crippen molar-refractivity contribution in [2.75, 3.05) is 5.75 Å². The van der Waals surface area contributed by atoms with Gasteiger partial charge in [-0.3, -0.25) is 4.79 Å². The van der Waals surface area contributed by atoms with E-state index in [0.29, 0.717) is 0 Å². The lowest BCUT2D eigenvalue weighted by atomic mass is 10.1. The Morgan fingerprint density at radius 3 is 2.40 bits per heavy atom. The molecule has 0 unspecified atom stereocenters. The van der Waals surface area contributed by atoms with Gasteiger partial charge in [-0.25, -0.2) is 8.42 Å². The highest BCUT2D eigenvalue weighted by Gasteiger charge is 2.18. The molecule has 15 heavy (non-hydrogen) atoms. The number of rotatable bonds is 2. The summed E-state index contributed by atoms with van der Waals surface area (Å²) in [6.07, 6.45) is 2.17. The molecule has 0 spiro atoms. The second kappa shape index (κ2) is 4.47. The van der Waals surface area contributed by atoms with Crippen LogP contribution < -0.4 is 0 Å². The number of ketones is 1. The number of hydrogen-bond acceptors (Lipinski definition) is 3. The smallest absolute Gasteiger partial charge is 0.253 e. The molecular weight excluding hydrogens is 261 g/mol. The Labute approximate surface area is 97.3 Å². The van der Waals surface area contributed by atoms with Gasteiger partial charge in [0, 0.05) is 6.08 Å². The monoisotopic (exact) mass is 267 g/mol. The van der Waals surface area contributed by atoms with Crippen LogP contribution >= 0.6 is 23.2 Å². The molecule has 0 amide bonds. The maximum atomic E-state index is 11.2. The average molecular weight is 268 g/mol. The zero-order valence-corrected chi connectivity index (χ0v) is 10.0. The van der Waals surface area contributed by atoms with Crippen LogP contribution in [0.1, 0.15) is 6.92 Å². The molecule has 0 aromatic heterocycles. The van der Waals surface area contributed by atoms with Crippen molar-refractivity contribution in [1.29, 1.82) is 0 Å². The van der Waals surface area contributed by atoms with E-state index in [1.807, 2.05) is 0 Å². The molecule has 0 saturated carbocycles. The molecule has 1 aliphatic rings. The number of allylic oxidation sites excluding steroid dienone is 4. The quantitative estimate of drug-likeness (QED) is 0.714. The first kappa shape index (κ1) is 12.4. The molecule has 0 aromatic rings. The van der Waals surface area contributed by atoms with Gasteiger partial charge >= 0.3 is 0 Å². The predicted molar refractivity (Wildman–Crippen MR) is 59.8 cm³/mol. The molecule has 0 bridgehead atoms. The number of halogens is 2. The second-order valence-electron chi connectivity index (χ2n) is 2.70. The van der Waals surface area contributed by atoms with Crippen molar-refractivity contribution >= 4 is 44.7 Å². The minimum Gasteiger partial charge on any atom is -0.288 e. The van der Waals surface area contributed by atoms with Crippen molar-refractivity contribution in [1.82, 2.24) is 0 Å². The van der Waals surface area contributed by atoms with Crippen LogP contribution in [0.2, 0.25) is 0 Å². The van der Waals surface area contributed by atoms with Crippen LogP contribution in [0.3, 0.4) is 0 Å². The van der Waals surface area contributed by atoms with Crippen molar-refractivity contribution in [3.63, 3.8) is 0 Å². The van der Waals surface area contributed by atoms with Crippen LogP contribution in [0, 0.1) is 0 Å². The normalized spacial score (nSPS) is 20.2. The van der Waals surface area contributed by atoms with Gasteiger partial charge in [0.05, 0.1) is 21.5 Å². The van der Waals surface area contributed by atoms with Crippen molar-refractivity contribution < 1.29 is 13.2 Å².